The van der Waals surface area contributed by atoms with Crippen LogP contribution in [-0.2, 0) is 0 Å². The maximum atomic E-state index is 15.0. The smallest absolute Gasteiger partial charge is 0.245 e. The van der Waals surface area contributed by atoms with Gasteiger partial charge in [0.15, 0.2) is 5.83 Å². The third kappa shape index (κ3) is 3.17. The van der Waals surface area contributed by atoms with Gasteiger partial charge in [-0.05, 0) is 23.3 Å². The highest BCUT2D eigenvalue weighted by molar-refractivity contribution is 5.81. The van der Waals surface area contributed by atoms with Crippen LogP contribution in [0.4, 0.5) is 8.78 Å². The molecular formula is C18H15F2N3O. The first-order chi connectivity index (χ1) is 11.7. The van der Waals surface area contributed by atoms with Crippen LogP contribution in [-0.4, -0.2) is 21.9 Å². The molecule has 1 atom stereocenters. The Balaban J connectivity index is 2.12. The molecule has 4 nitrogen and oxygen atoms in total. The standard InChI is InChI=1S/C18H15F2N3O/c1-24-15-9-7-14(8-10-15)16(13-5-3-2-4-6-13)17(19)18(20)23-12-21-11-22-23/h2-12,18H,1H3. The van der Waals surface area contributed by atoms with E-state index in [1.807, 2.05) is 6.07 Å². The molecule has 0 aliphatic rings. The molecule has 1 heterocycles. The molecular weight excluding hydrogens is 312 g/mol. The number of nitrogens with zero attached hydrogens (tertiary/aromatic N) is 3. The number of alkyl halides is 1. The van der Waals surface area contributed by atoms with Crippen molar-refractivity contribution in [2.45, 2.75) is 6.30 Å². The van der Waals surface area contributed by atoms with Gasteiger partial charge in [0.25, 0.3) is 0 Å². The first-order valence-corrected chi connectivity index (χ1v) is 7.28. The van der Waals surface area contributed by atoms with Gasteiger partial charge in [-0.25, -0.2) is 18.4 Å². The Bertz CT molecular complexity index is 815. The van der Waals surface area contributed by atoms with Crippen LogP contribution in [0.1, 0.15) is 17.4 Å². The van der Waals surface area contributed by atoms with E-state index in [0.717, 1.165) is 17.3 Å². The monoisotopic (exact) mass is 327 g/mol. The molecule has 0 saturated carbocycles. The lowest BCUT2D eigenvalue weighted by Crippen LogP contribution is -2.07. The first kappa shape index (κ1) is 15.9. The van der Waals surface area contributed by atoms with Gasteiger partial charge in [0.1, 0.15) is 18.4 Å². The van der Waals surface area contributed by atoms with E-state index >= 15 is 0 Å². The minimum atomic E-state index is -2.05. The van der Waals surface area contributed by atoms with Crippen molar-refractivity contribution in [1.82, 2.24) is 14.8 Å². The van der Waals surface area contributed by atoms with Crippen molar-refractivity contribution in [3.63, 3.8) is 0 Å². The summed E-state index contributed by atoms with van der Waals surface area (Å²) in [6, 6.07) is 15.6. The van der Waals surface area contributed by atoms with Crippen molar-refractivity contribution in [1.29, 1.82) is 0 Å². The summed E-state index contributed by atoms with van der Waals surface area (Å²) in [5.41, 5.74) is 1.28. The molecule has 122 valence electrons. The average Bonchev–Trinajstić information content (AvgIpc) is 3.17. The fourth-order valence-electron chi connectivity index (χ4n) is 2.37. The van der Waals surface area contributed by atoms with Crippen LogP contribution in [0, 0.1) is 0 Å². The van der Waals surface area contributed by atoms with E-state index in [1.54, 1.807) is 55.6 Å². The molecule has 0 spiro atoms. The van der Waals surface area contributed by atoms with E-state index in [1.165, 1.54) is 0 Å². The highest BCUT2D eigenvalue weighted by Gasteiger charge is 2.22. The van der Waals surface area contributed by atoms with E-state index in [-0.39, 0.29) is 5.57 Å². The Morgan fingerprint density at radius 2 is 1.71 bits per heavy atom. The van der Waals surface area contributed by atoms with Crippen molar-refractivity contribution in [3.05, 3.63) is 84.2 Å². The van der Waals surface area contributed by atoms with Crippen molar-refractivity contribution < 1.29 is 13.5 Å². The largest absolute Gasteiger partial charge is 0.497 e. The number of halogens is 2. The van der Waals surface area contributed by atoms with Gasteiger partial charge >= 0.3 is 0 Å². The maximum absolute atomic E-state index is 15.0. The summed E-state index contributed by atoms with van der Waals surface area (Å²) in [6.45, 7) is 0. The molecule has 0 fully saturated rings. The molecule has 1 aromatic heterocycles. The number of hydrogen-bond acceptors (Lipinski definition) is 3. The van der Waals surface area contributed by atoms with Gasteiger partial charge in [0.05, 0.1) is 7.11 Å². The van der Waals surface area contributed by atoms with Crippen molar-refractivity contribution >= 4 is 5.57 Å². The van der Waals surface area contributed by atoms with Crippen LogP contribution in [0.5, 0.6) is 5.75 Å². The summed E-state index contributed by atoms with van der Waals surface area (Å²) in [4.78, 5) is 3.66. The normalized spacial score (nSPS) is 13.3. The molecule has 0 bridgehead atoms. The Labute approximate surface area is 138 Å². The second-order valence-electron chi connectivity index (χ2n) is 5.03. The zero-order valence-electron chi connectivity index (χ0n) is 12.9. The van der Waals surface area contributed by atoms with Gasteiger partial charge < -0.3 is 4.74 Å². The summed E-state index contributed by atoms with van der Waals surface area (Å²) in [6.07, 6.45) is 0.251. The van der Waals surface area contributed by atoms with E-state index in [2.05, 4.69) is 10.1 Å². The predicted octanol–water partition coefficient (Wildman–Crippen LogP) is 4.18. The first-order valence-electron chi connectivity index (χ1n) is 7.28. The summed E-state index contributed by atoms with van der Waals surface area (Å²) >= 11 is 0. The fourth-order valence-corrected chi connectivity index (χ4v) is 2.37. The molecule has 0 aliphatic carbocycles. The van der Waals surface area contributed by atoms with Gasteiger partial charge in [-0.15, -0.1) is 0 Å². The number of aromatic nitrogens is 3. The fraction of sp³-hybridized carbons (Fsp3) is 0.111. The molecule has 0 saturated heterocycles. The summed E-state index contributed by atoms with van der Waals surface area (Å²) in [7, 11) is 1.55. The topological polar surface area (TPSA) is 39.9 Å². The SMILES string of the molecule is COc1ccc(C(=C(F)C(F)n2cncn2)c2ccccc2)cc1. The number of allylic oxidation sites excluding steroid dienone is 1. The number of hydrogen-bond donors (Lipinski definition) is 0. The zero-order chi connectivity index (χ0) is 16.9. The summed E-state index contributed by atoms with van der Waals surface area (Å²) in [5.74, 6) is -0.295. The third-order valence-electron chi connectivity index (χ3n) is 3.56. The van der Waals surface area contributed by atoms with E-state index in [4.69, 9.17) is 4.74 Å². The number of methoxy groups -OCH3 is 1. The minimum absolute atomic E-state index is 0.168. The van der Waals surface area contributed by atoms with E-state index in [9.17, 15) is 8.78 Å². The van der Waals surface area contributed by atoms with Crippen molar-refractivity contribution in [2.75, 3.05) is 7.11 Å². The van der Waals surface area contributed by atoms with Crippen LogP contribution < -0.4 is 4.74 Å². The highest BCUT2D eigenvalue weighted by atomic mass is 19.2. The molecule has 0 radical (unpaired) electrons. The number of rotatable bonds is 5. The van der Waals surface area contributed by atoms with Crippen LogP contribution in [0.15, 0.2) is 73.1 Å². The molecule has 24 heavy (non-hydrogen) atoms. The average molecular weight is 327 g/mol. The Kier molecular flexibility index (Phi) is 4.65. The molecule has 0 amide bonds. The Morgan fingerprint density at radius 1 is 1.04 bits per heavy atom. The number of benzene rings is 2. The lowest BCUT2D eigenvalue weighted by Gasteiger charge is -2.14. The van der Waals surface area contributed by atoms with Gasteiger partial charge in [0, 0.05) is 5.57 Å². The summed E-state index contributed by atoms with van der Waals surface area (Å²) in [5, 5.41) is 3.67. The summed E-state index contributed by atoms with van der Waals surface area (Å²) < 4.78 is 35.4. The molecule has 6 heteroatoms. The molecule has 1 unspecified atom stereocenters. The molecule has 3 aromatic rings. The minimum Gasteiger partial charge on any atom is -0.497 e. The van der Waals surface area contributed by atoms with Crippen LogP contribution >= 0.6 is 0 Å². The lowest BCUT2D eigenvalue weighted by molar-refractivity contribution is 0.226. The van der Waals surface area contributed by atoms with Crippen molar-refractivity contribution in [3.8, 4) is 5.75 Å². The van der Waals surface area contributed by atoms with E-state index < -0.39 is 12.1 Å². The van der Waals surface area contributed by atoms with Crippen molar-refractivity contribution in [2.24, 2.45) is 0 Å². The Hall–Kier alpha value is -3.02. The maximum Gasteiger partial charge on any atom is 0.245 e. The molecule has 0 N–H and O–H groups in total. The van der Waals surface area contributed by atoms with Gasteiger partial charge in [-0.3, -0.25) is 0 Å². The Morgan fingerprint density at radius 3 is 2.29 bits per heavy atom. The van der Waals surface area contributed by atoms with Gasteiger partial charge in [-0.2, -0.15) is 5.10 Å². The quantitative estimate of drug-likeness (QED) is 0.705. The molecule has 3 rings (SSSR count). The number of ether oxygens (including phenoxy) is 1. The highest BCUT2D eigenvalue weighted by Crippen LogP contribution is 2.34. The second-order valence-corrected chi connectivity index (χ2v) is 5.03. The van der Waals surface area contributed by atoms with Crippen LogP contribution in [0.25, 0.3) is 5.57 Å². The molecule has 2 aromatic carbocycles. The lowest BCUT2D eigenvalue weighted by atomic mass is 9.96. The third-order valence-corrected chi connectivity index (χ3v) is 3.56. The van der Waals surface area contributed by atoms with Crippen LogP contribution in [0.2, 0.25) is 0 Å². The molecule has 0 aliphatic heterocycles. The predicted molar refractivity (Wildman–Crippen MR) is 86.7 cm³/mol. The van der Waals surface area contributed by atoms with Gasteiger partial charge in [-0.1, -0.05) is 42.5 Å². The van der Waals surface area contributed by atoms with Crippen LogP contribution in [0.3, 0.4) is 0 Å². The zero-order valence-corrected chi connectivity index (χ0v) is 12.9. The van der Waals surface area contributed by atoms with E-state index in [0.29, 0.717) is 16.9 Å². The second kappa shape index (κ2) is 7.04. The van der Waals surface area contributed by atoms with Gasteiger partial charge in [0.2, 0.25) is 6.30 Å².